The van der Waals surface area contributed by atoms with Crippen molar-refractivity contribution in [2.45, 2.75) is 5.41 Å². The second-order valence-electron chi connectivity index (χ2n) is 15.1. The number of benzene rings is 9. The van der Waals surface area contributed by atoms with Crippen LogP contribution in [-0.4, -0.2) is 15.0 Å². The molecule has 0 radical (unpaired) electrons. The van der Waals surface area contributed by atoms with Gasteiger partial charge in [-0.05, 0) is 74.5 Å². The Hall–Kier alpha value is -7.53. The lowest BCUT2D eigenvalue weighted by Gasteiger charge is -2.37. The molecule has 0 spiro atoms. The number of hydrogen-bond donors (Lipinski definition) is 0. The van der Waals surface area contributed by atoms with Crippen LogP contribution in [0.15, 0.2) is 224 Å². The van der Waals surface area contributed by atoms with E-state index in [4.69, 9.17) is 15.0 Å². The SMILES string of the molecule is c1ccc(-c2cccc3c(-c4nc(-c5cccc(C(c6ccccc6)(c6ccccc6)c6ccccc6)c5)nc(-c5ccc6sc7ccccc7c6c5)n4)cccc23)cc1. The molecule has 0 saturated carbocycles. The first-order chi connectivity index (χ1) is 29.7. The standard InChI is InChI=1S/C56H37N3S/c1-5-18-38(19-6-1)45-29-16-31-47-46(45)30-17-32-49(47)55-58-53(57-54(59-55)40-34-35-52-50(37-40)48-28-13-14-33-51(48)60-52)39-20-15-27-44(36-39)56(41-21-7-2-8-22-41,42-23-9-3-10-24-42)43-25-11-4-12-26-43/h1-37H. The number of rotatable bonds is 8. The van der Waals surface area contributed by atoms with E-state index in [-0.39, 0.29) is 0 Å². The Morgan fingerprint density at radius 3 is 1.38 bits per heavy atom. The summed E-state index contributed by atoms with van der Waals surface area (Å²) in [5.74, 6) is 1.88. The molecule has 0 aliphatic rings. The molecule has 4 heteroatoms. The maximum atomic E-state index is 5.38. The van der Waals surface area contributed by atoms with Crippen molar-refractivity contribution in [3.63, 3.8) is 0 Å². The minimum atomic E-state index is -0.618. The van der Waals surface area contributed by atoms with Crippen LogP contribution in [0.2, 0.25) is 0 Å². The zero-order valence-electron chi connectivity index (χ0n) is 32.6. The number of hydrogen-bond acceptors (Lipinski definition) is 4. The Morgan fingerprint density at radius 1 is 0.283 bits per heavy atom. The summed E-state index contributed by atoms with van der Waals surface area (Å²) in [7, 11) is 0. The van der Waals surface area contributed by atoms with Crippen molar-refractivity contribution in [1.82, 2.24) is 15.0 Å². The van der Waals surface area contributed by atoms with Gasteiger partial charge in [-0.3, -0.25) is 0 Å². The van der Waals surface area contributed by atoms with E-state index in [1.54, 1.807) is 0 Å². The van der Waals surface area contributed by atoms with Gasteiger partial charge in [-0.15, -0.1) is 11.3 Å². The van der Waals surface area contributed by atoms with Crippen molar-refractivity contribution in [3.05, 3.63) is 247 Å². The molecule has 0 bridgehead atoms. The molecule has 60 heavy (non-hydrogen) atoms. The molecule has 0 saturated heterocycles. The van der Waals surface area contributed by atoms with Crippen molar-refractivity contribution in [2.24, 2.45) is 0 Å². The molecule has 3 nitrogen and oxygen atoms in total. The summed E-state index contributed by atoms with van der Waals surface area (Å²) in [6.07, 6.45) is 0. The Morgan fingerprint density at radius 2 is 0.733 bits per heavy atom. The van der Waals surface area contributed by atoms with Crippen molar-refractivity contribution in [3.8, 4) is 45.3 Å². The molecular formula is C56H37N3S. The third-order valence-corrected chi connectivity index (χ3v) is 12.8. The van der Waals surface area contributed by atoms with Crippen molar-refractivity contribution < 1.29 is 0 Å². The lowest BCUT2D eigenvalue weighted by Crippen LogP contribution is -2.31. The van der Waals surface area contributed by atoms with Crippen LogP contribution in [0.3, 0.4) is 0 Å². The van der Waals surface area contributed by atoms with E-state index in [1.807, 2.05) is 11.3 Å². The summed E-state index contributed by atoms with van der Waals surface area (Å²) in [5.41, 5.74) is 9.20. The largest absolute Gasteiger partial charge is 0.208 e. The molecule has 9 aromatic carbocycles. The number of nitrogens with zero attached hydrogens (tertiary/aromatic N) is 3. The van der Waals surface area contributed by atoms with Gasteiger partial charge < -0.3 is 0 Å². The summed E-state index contributed by atoms with van der Waals surface area (Å²) < 4.78 is 2.51. The third kappa shape index (κ3) is 6.09. The van der Waals surface area contributed by atoms with Gasteiger partial charge in [0.05, 0.1) is 5.41 Å². The summed E-state index contributed by atoms with van der Waals surface area (Å²) in [6.45, 7) is 0. The molecule has 0 aliphatic heterocycles. The van der Waals surface area contributed by atoms with Crippen molar-refractivity contribution in [1.29, 1.82) is 0 Å². The smallest absolute Gasteiger partial charge is 0.164 e. The average molecular weight is 784 g/mol. The van der Waals surface area contributed by atoms with Gasteiger partial charge in [0.2, 0.25) is 0 Å². The lowest BCUT2D eigenvalue weighted by molar-refractivity contribution is 0.745. The highest BCUT2D eigenvalue weighted by atomic mass is 32.1. The topological polar surface area (TPSA) is 38.7 Å². The van der Waals surface area contributed by atoms with Crippen LogP contribution in [0, 0.1) is 0 Å². The van der Waals surface area contributed by atoms with Gasteiger partial charge >= 0.3 is 0 Å². The Bertz CT molecular complexity index is 3210. The zero-order chi connectivity index (χ0) is 39.9. The molecule has 0 unspecified atom stereocenters. The molecule has 0 aliphatic carbocycles. The fraction of sp³-hybridized carbons (Fsp3) is 0.0179. The highest BCUT2D eigenvalue weighted by molar-refractivity contribution is 7.25. The first kappa shape index (κ1) is 35.6. The van der Waals surface area contributed by atoms with Crippen LogP contribution in [0.4, 0.5) is 0 Å². The zero-order valence-corrected chi connectivity index (χ0v) is 33.4. The summed E-state index contributed by atoms with van der Waals surface area (Å²) in [4.78, 5) is 16.0. The van der Waals surface area contributed by atoms with E-state index < -0.39 is 5.41 Å². The Kier molecular flexibility index (Phi) is 8.91. The molecular weight excluding hydrogens is 747 g/mol. The van der Waals surface area contributed by atoms with Gasteiger partial charge in [0.1, 0.15) is 0 Å². The fourth-order valence-electron chi connectivity index (χ4n) is 8.95. The molecule has 2 heterocycles. The molecule has 0 atom stereocenters. The van der Waals surface area contributed by atoms with Crippen LogP contribution in [0.5, 0.6) is 0 Å². The number of fused-ring (bicyclic) bond motifs is 4. The molecule has 0 fully saturated rings. The minimum Gasteiger partial charge on any atom is -0.208 e. The quantitative estimate of drug-likeness (QED) is 0.144. The van der Waals surface area contributed by atoms with Crippen LogP contribution in [0.25, 0.3) is 76.2 Å². The minimum absolute atomic E-state index is 0.617. The van der Waals surface area contributed by atoms with Crippen LogP contribution >= 0.6 is 11.3 Å². The maximum Gasteiger partial charge on any atom is 0.164 e. The molecule has 11 rings (SSSR count). The highest BCUT2D eigenvalue weighted by Gasteiger charge is 2.38. The van der Waals surface area contributed by atoms with E-state index in [0.29, 0.717) is 17.5 Å². The number of aromatic nitrogens is 3. The van der Waals surface area contributed by atoms with Crippen LogP contribution in [-0.2, 0) is 5.41 Å². The van der Waals surface area contributed by atoms with Gasteiger partial charge in [-0.1, -0.05) is 194 Å². The van der Waals surface area contributed by atoms with E-state index in [1.165, 1.54) is 48.0 Å². The van der Waals surface area contributed by atoms with Crippen molar-refractivity contribution in [2.75, 3.05) is 0 Å². The van der Waals surface area contributed by atoms with Crippen LogP contribution < -0.4 is 0 Å². The van der Waals surface area contributed by atoms with Crippen molar-refractivity contribution >= 4 is 42.3 Å². The lowest BCUT2D eigenvalue weighted by atomic mass is 9.65. The normalized spacial score (nSPS) is 11.7. The second kappa shape index (κ2) is 15.0. The predicted octanol–water partition coefficient (Wildman–Crippen LogP) is 14.4. The molecule has 282 valence electrons. The van der Waals surface area contributed by atoms with Crippen LogP contribution in [0.1, 0.15) is 22.3 Å². The Balaban J connectivity index is 1.16. The van der Waals surface area contributed by atoms with E-state index >= 15 is 0 Å². The first-order valence-electron chi connectivity index (χ1n) is 20.3. The van der Waals surface area contributed by atoms with Gasteiger partial charge in [-0.2, -0.15) is 0 Å². The van der Waals surface area contributed by atoms with Gasteiger partial charge in [-0.25, -0.2) is 15.0 Å². The number of thiophene rings is 1. The summed E-state index contributed by atoms with van der Waals surface area (Å²) in [5, 5.41) is 4.68. The second-order valence-corrected chi connectivity index (χ2v) is 16.2. The molecule has 2 aromatic heterocycles. The van der Waals surface area contributed by atoms with E-state index in [0.717, 1.165) is 33.0 Å². The van der Waals surface area contributed by atoms with Gasteiger partial charge in [0.25, 0.3) is 0 Å². The highest BCUT2D eigenvalue weighted by Crippen LogP contribution is 2.46. The average Bonchev–Trinajstić information content (AvgIpc) is 3.71. The summed E-state index contributed by atoms with van der Waals surface area (Å²) >= 11 is 1.81. The predicted molar refractivity (Wildman–Crippen MR) is 250 cm³/mol. The van der Waals surface area contributed by atoms with Gasteiger partial charge in [0, 0.05) is 36.9 Å². The third-order valence-electron chi connectivity index (χ3n) is 11.7. The Labute approximate surface area is 353 Å². The molecule has 11 aromatic rings. The van der Waals surface area contributed by atoms with Gasteiger partial charge in [0.15, 0.2) is 17.5 Å². The monoisotopic (exact) mass is 783 g/mol. The fourth-order valence-corrected chi connectivity index (χ4v) is 10.0. The van der Waals surface area contributed by atoms with E-state index in [9.17, 15) is 0 Å². The van der Waals surface area contributed by atoms with E-state index in [2.05, 4.69) is 224 Å². The summed E-state index contributed by atoms with van der Waals surface area (Å²) in [6, 6.07) is 80.0. The first-order valence-corrected chi connectivity index (χ1v) is 21.1. The maximum absolute atomic E-state index is 5.38. The molecule has 0 N–H and O–H groups in total. The molecule has 0 amide bonds.